The fourth-order valence-corrected chi connectivity index (χ4v) is 4.83. The Morgan fingerprint density at radius 1 is 1.17 bits per heavy atom. The van der Waals surface area contributed by atoms with Gasteiger partial charge in [0.2, 0.25) is 5.95 Å². The third-order valence-electron chi connectivity index (χ3n) is 6.88. The Hall–Kier alpha value is -3.74. The summed E-state index contributed by atoms with van der Waals surface area (Å²) in [5, 5.41) is 30.3. The first-order valence-electron chi connectivity index (χ1n) is 12.1. The predicted molar refractivity (Wildman–Crippen MR) is 136 cm³/mol. The molecule has 1 aliphatic heterocycles. The molecule has 1 aliphatic carbocycles. The highest BCUT2D eigenvalue weighted by Gasteiger charge is 2.36. The first kappa shape index (κ1) is 23.0. The van der Waals surface area contributed by atoms with Crippen molar-refractivity contribution in [2.75, 3.05) is 41.7 Å². The monoisotopic (exact) mass is 470 g/mol. The average Bonchev–Trinajstić information content (AvgIpc) is 3.21. The number of nitrogens with zero attached hydrogens (tertiary/aromatic N) is 5. The lowest BCUT2D eigenvalue weighted by atomic mass is 9.98. The Bertz CT molecular complexity index is 1280. The smallest absolute Gasteiger partial charge is 0.229 e. The summed E-state index contributed by atoms with van der Waals surface area (Å²) in [6.07, 6.45) is 3.59. The molecule has 1 atom stereocenters. The molecular formula is C26H30N8O. The molecular weight excluding hydrogens is 440 g/mol. The van der Waals surface area contributed by atoms with Crippen molar-refractivity contribution in [1.82, 2.24) is 20.3 Å². The number of piperazine rings is 1. The SMILES string of the molecule is CCC1(O)CCc2ccc(Nc3nc(Nc4ccc(N5CCNCC5)c(C)c4)ncc3C#N)nc21. The Labute approximate surface area is 205 Å². The van der Waals surface area contributed by atoms with Gasteiger partial charge in [-0.2, -0.15) is 10.2 Å². The van der Waals surface area contributed by atoms with Crippen molar-refractivity contribution in [3.8, 4) is 6.07 Å². The number of aromatic nitrogens is 3. The Balaban J connectivity index is 1.37. The van der Waals surface area contributed by atoms with Crippen LogP contribution in [0.5, 0.6) is 0 Å². The standard InChI is InChI=1S/C26H30N8O/c1-3-26(35)9-8-18-4-7-22(31-23(18)26)32-24-19(15-27)16-29-25(33-24)30-20-5-6-21(17(2)14-20)34-12-10-28-11-13-34/h4-7,14,16,28,35H,3,8-13H2,1-2H3,(H2,29,30,31,32,33). The summed E-state index contributed by atoms with van der Waals surface area (Å²) < 4.78 is 0. The molecule has 9 nitrogen and oxygen atoms in total. The van der Waals surface area contributed by atoms with Gasteiger partial charge in [0.1, 0.15) is 23.1 Å². The molecule has 0 bridgehead atoms. The van der Waals surface area contributed by atoms with E-state index in [4.69, 9.17) is 0 Å². The van der Waals surface area contributed by atoms with Crippen LogP contribution in [0, 0.1) is 18.3 Å². The van der Waals surface area contributed by atoms with Gasteiger partial charge in [0.15, 0.2) is 5.82 Å². The molecule has 9 heteroatoms. The highest BCUT2D eigenvalue weighted by Crippen LogP contribution is 2.38. The number of aliphatic hydroxyl groups is 1. The molecule has 3 heterocycles. The summed E-state index contributed by atoms with van der Waals surface area (Å²) in [6.45, 7) is 8.04. The number of hydrogen-bond donors (Lipinski definition) is 4. The number of hydrogen-bond acceptors (Lipinski definition) is 9. The van der Waals surface area contributed by atoms with Crippen LogP contribution in [0.15, 0.2) is 36.5 Å². The Morgan fingerprint density at radius 3 is 2.74 bits per heavy atom. The van der Waals surface area contributed by atoms with Crippen LogP contribution in [-0.4, -0.2) is 46.2 Å². The Kier molecular flexibility index (Phi) is 6.24. The molecule has 0 radical (unpaired) electrons. The summed E-state index contributed by atoms with van der Waals surface area (Å²) in [6, 6.07) is 12.2. The second-order valence-electron chi connectivity index (χ2n) is 9.15. The van der Waals surface area contributed by atoms with Gasteiger partial charge in [0.05, 0.1) is 11.9 Å². The molecule has 0 saturated carbocycles. The quantitative estimate of drug-likeness (QED) is 0.429. The fraction of sp³-hybridized carbons (Fsp3) is 0.385. The van der Waals surface area contributed by atoms with Gasteiger partial charge in [-0.25, -0.2) is 9.97 Å². The van der Waals surface area contributed by atoms with Crippen LogP contribution < -0.4 is 20.9 Å². The second-order valence-corrected chi connectivity index (χ2v) is 9.15. The number of anilines is 5. The van der Waals surface area contributed by atoms with Gasteiger partial charge < -0.3 is 26.0 Å². The highest BCUT2D eigenvalue weighted by atomic mass is 16.3. The van der Waals surface area contributed by atoms with E-state index in [2.05, 4.69) is 60.9 Å². The molecule has 2 aromatic heterocycles. The van der Waals surface area contributed by atoms with E-state index in [1.807, 2.05) is 25.1 Å². The number of benzene rings is 1. The summed E-state index contributed by atoms with van der Waals surface area (Å²) in [5.74, 6) is 1.28. The molecule has 0 amide bonds. The van der Waals surface area contributed by atoms with E-state index in [-0.39, 0.29) is 0 Å². The summed E-state index contributed by atoms with van der Waals surface area (Å²) in [5.41, 5.74) is 4.46. The van der Waals surface area contributed by atoms with Gasteiger partial charge in [0, 0.05) is 37.6 Å². The highest BCUT2D eigenvalue weighted by molar-refractivity contribution is 5.66. The van der Waals surface area contributed by atoms with Crippen LogP contribution in [0.2, 0.25) is 0 Å². The van der Waals surface area contributed by atoms with Crippen molar-refractivity contribution in [1.29, 1.82) is 5.26 Å². The first-order valence-corrected chi connectivity index (χ1v) is 12.1. The van der Waals surface area contributed by atoms with Crippen LogP contribution >= 0.6 is 0 Å². The van der Waals surface area contributed by atoms with Crippen LogP contribution in [-0.2, 0) is 12.0 Å². The van der Waals surface area contributed by atoms with E-state index >= 15 is 0 Å². The van der Waals surface area contributed by atoms with Crippen LogP contribution in [0.25, 0.3) is 0 Å². The summed E-state index contributed by atoms with van der Waals surface area (Å²) in [7, 11) is 0. The zero-order valence-corrected chi connectivity index (χ0v) is 20.1. The predicted octanol–water partition coefficient (Wildman–Crippen LogP) is 3.49. The normalized spacial score (nSPS) is 19.2. The van der Waals surface area contributed by atoms with E-state index in [0.717, 1.165) is 43.9 Å². The molecule has 4 N–H and O–H groups in total. The maximum atomic E-state index is 10.9. The van der Waals surface area contributed by atoms with Crippen molar-refractivity contribution in [3.63, 3.8) is 0 Å². The molecule has 5 rings (SSSR count). The van der Waals surface area contributed by atoms with Crippen LogP contribution in [0.4, 0.5) is 29.0 Å². The van der Waals surface area contributed by atoms with Gasteiger partial charge in [0.25, 0.3) is 0 Å². The maximum Gasteiger partial charge on any atom is 0.229 e. The van der Waals surface area contributed by atoms with Gasteiger partial charge in [-0.15, -0.1) is 0 Å². The number of pyridine rings is 1. The molecule has 1 aromatic carbocycles. The zero-order chi connectivity index (χ0) is 24.4. The minimum absolute atomic E-state index is 0.314. The third kappa shape index (κ3) is 4.63. The van der Waals surface area contributed by atoms with E-state index in [1.165, 1.54) is 17.4 Å². The second kappa shape index (κ2) is 9.49. The van der Waals surface area contributed by atoms with Crippen molar-refractivity contribution >= 4 is 29.0 Å². The molecule has 1 saturated heterocycles. The number of aryl methyl sites for hydroxylation is 2. The van der Waals surface area contributed by atoms with Gasteiger partial charge in [-0.3, -0.25) is 0 Å². The summed E-state index contributed by atoms with van der Waals surface area (Å²) >= 11 is 0. The van der Waals surface area contributed by atoms with E-state index in [1.54, 1.807) is 0 Å². The van der Waals surface area contributed by atoms with Gasteiger partial charge in [-0.05, 0) is 61.6 Å². The molecule has 0 spiro atoms. The van der Waals surface area contributed by atoms with E-state index < -0.39 is 5.60 Å². The van der Waals surface area contributed by atoms with Crippen molar-refractivity contribution < 1.29 is 5.11 Å². The zero-order valence-electron chi connectivity index (χ0n) is 20.1. The average molecular weight is 471 g/mol. The lowest BCUT2D eigenvalue weighted by molar-refractivity contribution is 0.0307. The van der Waals surface area contributed by atoms with Crippen LogP contribution in [0.1, 0.15) is 42.1 Å². The largest absolute Gasteiger partial charge is 0.384 e. The molecule has 1 unspecified atom stereocenters. The fourth-order valence-electron chi connectivity index (χ4n) is 4.83. The van der Waals surface area contributed by atoms with Crippen molar-refractivity contribution in [2.45, 2.75) is 38.7 Å². The first-order chi connectivity index (χ1) is 17.0. The minimum atomic E-state index is -0.905. The number of rotatable bonds is 6. The Morgan fingerprint density at radius 2 is 2.00 bits per heavy atom. The molecule has 2 aliphatic rings. The number of nitriles is 1. The third-order valence-corrected chi connectivity index (χ3v) is 6.88. The lowest BCUT2D eigenvalue weighted by Crippen LogP contribution is -2.43. The van der Waals surface area contributed by atoms with Crippen LogP contribution in [0.3, 0.4) is 0 Å². The summed E-state index contributed by atoms with van der Waals surface area (Å²) in [4.78, 5) is 15.9. The van der Waals surface area contributed by atoms with Gasteiger partial charge >= 0.3 is 0 Å². The molecule has 35 heavy (non-hydrogen) atoms. The molecule has 180 valence electrons. The van der Waals surface area contributed by atoms with Crippen molar-refractivity contribution in [3.05, 3.63) is 58.9 Å². The molecule has 1 fully saturated rings. The minimum Gasteiger partial charge on any atom is -0.384 e. The van der Waals surface area contributed by atoms with Gasteiger partial charge in [-0.1, -0.05) is 13.0 Å². The van der Waals surface area contributed by atoms with Crippen molar-refractivity contribution in [2.24, 2.45) is 0 Å². The topological polar surface area (TPSA) is 122 Å². The maximum absolute atomic E-state index is 10.9. The number of nitrogens with one attached hydrogen (secondary N) is 3. The van der Waals surface area contributed by atoms with E-state index in [9.17, 15) is 10.4 Å². The lowest BCUT2D eigenvalue weighted by Gasteiger charge is -2.30. The number of fused-ring (bicyclic) bond motifs is 1. The van der Waals surface area contributed by atoms with E-state index in [0.29, 0.717) is 41.7 Å². The molecule has 3 aromatic rings.